The van der Waals surface area contributed by atoms with E-state index in [1.807, 2.05) is 78.9 Å². The first-order valence-corrected chi connectivity index (χ1v) is 20.5. The molecule has 0 atom stereocenters. The van der Waals surface area contributed by atoms with Gasteiger partial charge in [0.1, 0.15) is 22.3 Å². The standard InChI is InChI=1S/C56H30N4O2/c57-31-36-26-34(27-37(32-58)52(36)33-12-2-1-3-13-33)35-28-38(59-46-18-8-4-16-44(46)53-48(59)24-22-42-40-14-6-10-20-50(40)61-55(42)53)30-39(29-35)60-47-19-9-5-17-45(47)54-49(60)25-23-43-41-15-7-11-21-51(41)62-56(43)54/h1-30H. The van der Waals surface area contributed by atoms with Crippen molar-refractivity contribution in [3.05, 3.63) is 193 Å². The summed E-state index contributed by atoms with van der Waals surface area (Å²) in [6.07, 6.45) is 0. The zero-order valence-corrected chi connectivity index (χ0v) is 32.9. The summed E-state index contributed by atoms with van der Waals surface area (Å²) in [5.41, 5.74) is 13.2. The number of fused-ring (bicyclic) bond motifs is 14. The van der Waals surface area contributed by atoms with E-state index in [2.05, 4.69) is 124 Å². The maximum absolute atomic E-state index is 10.6. The maximum atomic E-state index is 10.6. The van der Waals surface area contributed by atoms with Crippen molar-refractivity contribution < 1.29 is 8.83 Å². The quantitative estimate of drug-likeness (QED) is 0.178. The molecule has 0 N–H and O–H groups in total. The van der Waals surface area contributed by atoms with E-state index >= 15 is 0 Å². The molecule has 286 valence electrons. The van der Waals surface area contributed by atoms with Gasteiger partial charge in [-0.25, -0.2) is 0 Å². The highest BCUT2D eigenvalue weighted by Crippen LogP contribution is 2.44. The Morgan fingerprint density at radius 1 is 0.355 bits per heavy atom. The molecule has 0 aliphatic carbocycles. The molecule has 0 saturated carbocycles. The summed E-state index contributed by atoms with van der Waals surface area (Å²) in [4.78, 5) is 0. The second-order valence-corrected chi connectivity index (χ2v) is 15.8. The first-order valence-electron chi connectivity index (χ1n) is 20.5. The molecule has 0 unspecified atom stereocenters. The van der Waals surface area contributed by atoms with E-state index in [1.54, 1.807) is 0 Å². The van der Waals surface area contributed by atoms with Crippen molar-refractivity contribution >= 4 is 87.5 Å². The van der Waals surface area contributed by atoms with Crippen LogP contribution in [0.3, 0.4) is 0 Å². The lowest BCUT2D eigenvalue weighted by Gasteiger charge is -2.17. The van der Waals surface area contributed by atoms with Gasteiger partial charge in [-0.1, -0.05) is 103 Å². The van der Waals surface area contributed by atoms with Crippen LogP contribution in [-0.4, -0.2) is 9.13 Å². The predicted molar refractivity (Wildman–Crippen MR) is 250 cm³/mol. The molecule has 0 amide bonds. The van der Waals surface area contributed by atoms with Crippen molar-refractivity contribution in [2.45, 2.75) is 0 Å². The highest BCUT2D eigenvalue weighted by molar-refractivity contribution is 6.25. The van der Waals surface area contributed by atoms with Crippen molar-refractivity contribution in [1.29, 1.82) is 10.5 Å². The van der Waals surface area contributed by atoms with Crippen molar-refractivity contribution in [1.82, 2.24) is 9.13 Å². The van der Waals surface area contributed by atoms with E-state index < -0.39 is 0 Å². The third kappa shape index (κ3) is 4.72. The van der Waals surface area contributed by atoms with Crippen LogP contribution in [0.5, 0.6) is 0 Å². The van der Waals surface area contributed by atoms with Crippen molar-refractivity contribution in [2.24, 2.45) is 0 Å². The molecule has 13 rings (SSSR count). The highest BCUT2D eigenvalue weighted by atomic mass is 16.3. The summed E-state index contributed by atoms with van der Waals surface area (Å²) < 4.78 is 17.9. The van der Waals surface area contributed by atoms with Gasteiger partial charge in [0.25, 0.3) is 0 Å². The van der Waals surface area contributed by atoms with Crippen LogP contribution in [0.2, 0.25) is 0 Å². The number of nitrogens with zero attached hydrogens (tertiary/aromatic N) is 4. The number of hydrogen-bond donors (Lipinski definition) is 0. The van der Waals surface area contributed by atoms with Gasteiger partial charge < -0.3 is 18.0 Å². The molecule has 0 aliphatic rings. The van der Waals surface area contributed by atoms with Crippen LogP contribution in [0.25, 0.3) is 121 Å². The Morgan fingerprint density at radius 2 is 0.790 bits per heavy atom. The molecule has 0 saturated heterocycles. The number of para-hydroxylation sites is 4. The molecule has 0 aliphatic heterocycles. The number of aromatic nitrogens is 2. The molecule has 0 fully saturated rings. The second-order valence-electron chi connectivity index (χ2n) is 15.8. The van der Waals surface area contributed by atoms with E-state index in [0.29, 0.717) is 16.7 Å². The van der Waals surface area contributed by atoms with Gasteiger partial charge >= 0.3 is 0 Å². The van der Waals surface area contributed by atoms with Gasteiger partial charge in [0.15, 0.2) is 0 Å². The molecule has 9 aromatic carbocycles. The van der Waals surface area contributed by atoms with Crippen LogP contribution < -0.4 is 0 Å². The maximum Gasteiger partial charge on any atom is 0.145 e. The van der Waals surface area contributed by atoms with Crippen LogP contribution >= 0.6 is 0 Å². The van der Waals surface area contributed by atoms with E-state index in [0.717, 1.165) is 116 Å². The third-order valence-corrected chi connectivity index (χ3v) is 12.6. The van der Waals surface area contributed by atoms with Gasteiger partial charge in [-0.15, -0.1) is 0 Å². The van der Waals surface area contributed by atoms with E-state index in [9.17, 15) is 10.5 Å². The fourth-order valence-corrected chi connectivity index (χ4v) is 9.95. The summed E-state index contributed by atoms with van der Waals surface area (Å²) in [6, 6.07) is 67.0. The lowest BCUT2D eigenvalue weighted by Crippen LogP contribution is -2.00. The number of furan rings is 2. The number of benzene rings is 9. The lowest BCUT2D eigenvalue weighted by atomic mass is 9.91. The van der Waals surface area contributed by atoms with Gasteiger partial charge in [-0.2, -0.15) is 10.5 Å². The van der Waals surface area contributed by atoms with Crippen LogP contribution in [0.15, 0.2) is 191 Å². The van der Waals surface area contributed by atoms with Crippen LogP contribution in [-0.2, 0) is 0 Å². The molecule has 62 heavy (non-hydrogen) atoms. The van der Waals surface area contributed by atoms with Gasteiger partial charge in [0, 0.05) is 49.3 Å². The summed E-state index contributed by atoms with van der Waals surface area (Å²) >= 11 is 0. The lowest BCUT2D eigenvalue weighted by molar-refractivity contribution is 0.672. The molecule has 0 spiro atoms. The van der Waals surface area contributed by atoms with E-state index in [4.69, 9.17) is 8.83 Å². The minimum absolute atomic E-state index is 0.436. The highest BCUT2D eigenvalue weighted by Gasteiger charge is 2.23. The molecule has 4 aromatic heterocycles. The van der Waals surface area contributed by atoms with Crippen LogP contribution in [0, 0.1) is 22.7 Å². The van der Waals surface area contributed by atoms with E-state index in [1.165, 1.54) is 0 Å². The zero-order chi connectivity index (χ0) is 41.1. The van der Waals surface area contributed by atoms with Crippen LogP contribution in [0.1, 0.15) is 11.1 Å². The summed E-state index contributed by atoms with van der Waals surface area (Å²) in [5, 5.41) is 29.8. The first-order chi connectivity index (χ1) is 30.7. The fourth-order valence-electron chi connectivity index (χ4n) is 9.95. The zero-order valence-electron chi connectivity index (χ0n) is 32.9. The second kappa shape index (κ2) is 12.8. The summed E-state index contributed by atoms with van der Waals surface area (Å²) in [7, 11) is 0. The molecule has 0 radical (unpaired) electrons. The average molecular weight is 791 g/mol. The SMILES string of the molecule is N#Cc1cc(-c2cc(-n3c4ccccc4c4c5oc6ccccc6c5ccc43)cc(-n3c4ccccc4c4c5oc6ccccc6c5ccc43)c2)cc(C#N)c1-c1ccccc1. The Balaban J connectivity index is 1.15. The average Bonchev–Trinajstić information content (AvgIpc) is 4.08. The molecule has 13 aromatic rings. The Kier molecular flexibility index (Phi) is 7.05. The summed E-state index contributed by atoms with van der Waals surface area (Å²) in [5.74, 6) is 0. The van der Waals surface area contributed by atoms with Gasteiger partial charge in [-0.05, 0) is 95.6 Å². The molecule has 0 bridgehead atoms. The van der Waals surface area contributed by atoms with Crippen molar-refractivity contribution in [2.75, 3.05) is 0 Å². The third-order valence-electron chi connectivity index (χ3n) is 12.6. The Morgan fingerprint density at radius 3 is 1.29 bits per heavy atom. The molecule has 6 nitrogen and oxygen atoms in total. The molecular formula is C56H30N4O2. The Bertz CT molecular complexity index is 3890. The van der Waals surface area contributed by atoms with E-state index in [-0.39, 0.29) is 0 Å². The first kappa shape index (κ1) is 34.1. The largest absolute Gasteiger partial charge is 0.455 e. The number of nitriles is 2. The minimum Gasteiger partial charge on any atom is -0.455 e. The van der Waals surface area contributed by atoms with Crippen LogP contribution in [0.4, 0.5) is 0 Å². The number of rotatable bonds is 4. The van der Waals surface area contributed by atoms with Crippen molar-refractivity contribution in [3.63, 3.8) is 0 Å². The van der Waals surface area contributed by atoms with Crippen molar-refractivity contribution in [3.8, 4) is 45.8 Å². The Labute approximate surface area is 353 Å². The normalized spacial score (nSPS) is 11.8. The monoisotopic (exact) mass is 790 g/mol. The van der Waals surface area contributed by atoms with Gasteiger partial charge in [-0.3, -0.25) is 0 Å². The summed E-state index contributed by atoms with van der Waals surface area (Å²) in [6.45, 7) is 0. The molecular weight excluding hydrogens is 761 g/mol. The Hall–Kier alpha value is -8.84. The molecule has 6 heteroatoms. The predicted octanol–water partition coefficient (Wildman–Crippen LogP) is 14.8. The van der Waals surface area contributed by atoms with Gasteiger partial charge in [0.2, 0.25) is 0 Å². The molecule has 4 heterocycles. The number of hydrogen-bond acceptors (Lipinski definition) is 4. The smallest absolute Gasteiger partial charge is 0.145 e. The topological polar surface area (TPSA) is 83.7 Å². The minimum atomic E-state index is 0.436. The van der Waals surface area contributed by atoms with Gasteiger partial charge in [0.05, 0.1) is 56.1 Å². The fraction of sp³-hybridized carbons (Fsp3) is 0.